The molecule has 0 saturated carbocycles. The lowest BCUT2D eigenvalue weighted by Crippen LogP contribution is -2.36. The number of nitrogens with zero attached hydrogens (tertiary/aromatic N) is 11. The summed E-state index contributed by atoms with van der Waals surface area (Å²) in [4.78, 5) is 92.6. The van der Waals surface area contributed by atoms with Crippen molar-refractivity contribution in [1.82, 2.24) is 64.9 Å². The molecule has 33 heteroatoms. The van der Waals surface area contributed by atoms with Gasteiger partial charge in [0.1, 0.15) is 35.7 Å². The minimum Gasteiger partial charge on any atom is -0.435 e. The fraction of sp³-hybridized carbons (Fsp3) is 0.237. The van der Waals surface area contributed by atoms with Crippen LogP contribution in [0.3, 0.4) is 0 Å². The second kappa shape index (κ2) is 32.8. The van der Waals surface area contributed by atoms with Gasteiger partial charge in [0.05, 0.1) is 43.0 Å². The molecule has 0 bridgehead atoms. The average molecular weight is 1500 g/mol. The lowest BCUT2D eigenvalue weighted by Gasteiger charge is -2.29. The number of amides is 4. The number of hydrogen-bond acceptors (Lipinski definition) is 20. The Balaban J connectivity index is 0.000000153. The molecule has 2 saturated heterocycles. The zero-order chi connectivity index (χ0) is 77.5. The van der Waals surface area contributed by atoms with Crippen molar-refractivity contribution in [2.75, 3.05) is 128 Å². The molecule has 12 aromatic rings. The van der Waals surface area contributed by atoms with Gasteiger partial charge in [0, 0.05) is 161 Å². The molecule has 4 amide bonds. The molecule has 0 radical (unpaired) electrons. The molecule has 0 aliphatic carbocycles. The number of anilines is 8. The van der Waals surface area contributed by atoms with E-state index in [1.807, 2.05) is 48.5 Å². The minimum absolute atomic E-state index is 0.0154. The number of aromatic amines is 3. The Hall–Kier alpha value is -13.0. The Bertz CT molecular complexity index is 5400. The summed E-state index contributed by atoms with van der Waals surface area (Å²) >= 11 is 0. The third-order valence-corrected chi connectivity index (χ3v) is 17.3. The Labute approximate surface area is 619 Å². The van der Waals surface area contributed by atoms with Gasteiger partial charge in [-0.15, -0.1) is 0 Å². The highest BCUT2D eigenvalue weighted by Gasteiger charge is 2.30. The number of halogens is 6. The summed E-state index contributed by atoms with van der Waals surface area (Å²) in [6.45, 7) is 10.9. The molecule has 0 unspecified atom stereocenters. The Morgan fingerprint density at radius 3 is 1.12 bits per heavy atom. The molecule has 27 nitrogen and oxygen atoms in total. The standard InChI is InChI=1S/2C26H26F2N6O3.C24H22F2N6O3/c1-15-12-18-22(28)20(13-19(27)23(18)31-15)37-25-21(26(35)33(2)3)24(29-14-30-25)32-16-4-6-17(7-5-16)34-8-10-36-11-9-34;1-15-11-18-22(28)20(13-19(27)23(18)31-15)37-25-21(26(35)33(2)3)24(29-14-30-25)32-16-5-4-6-17(12-16)34-7-9-36-10-8-34;1-12-9-15-19(26)17(10-16(25)20(15)30-12)35-23-18(24(34)32(3)4)21(28-11-29-23)31-14-7-5-13(6-8-14)22(33)27-2/h4-7,12-14,31H,8-11H2,1-3H3,(H,29,30,32);4-6,11-14,31H,7-10H2,1-3H3,(H,29,30,32);5-11,30H,1-4H3,(H,27,33)(H,28,29,31). The number of aromatic nitrogens is 9. The second-order valence-corrected chi connectivity index (χ2v) is 25.7. The van der Waals surface area contributed by atoms with Gasteiger partial charge in [0.15, 0.2) is 69.6 Å². The van der Waals surface area contributed by atoms with Crippen LogP contribution in [-0.2, 0) is 9.47 Å². The third-order valence-electron chi connectivity index (χ3n) is 17.3. The van der Waals surface area contributed by atoms with Gasteiger partial charge in [0.25, 0.3) is 23.6 Å². The molecule has 2 fully saturated rings. The van der Waals surface area contributed by atoms with Crippen LogP contribution in [0, 0.1) is 55.7 Å². The Morgan fingerprint density at radius 1 is 0.431 bits per heavy atom. The number of carbonyl (C=O) groups is 4. The van der Waals surface area contributed by atoms with Gasteiger partial charge >= 0.3 is 0 Å². The molecular weight excluding hydrogens is 1420 g/mol. The predicted octanol–water partition coefficient (Wildman–Crippen LogP) is 13.4. The van der Waals surface area contributed by atoms with Crippen LogP contribution in [-0.4, -0.2) is 185 Å². The van der Waals surface area contributed by atoms with E-state index in [1.54, 1.807) is 73.2 Å². The van der Waals surface area contributed by atoms with Crippen molar-refractivity contribution in [3.05, 3.63) is 202 Å². The van der Waals surface area contributed by atoms with E-state index in [0.717, 1.165) is 62.1 Å². The number of H-pyrrole nitrogens is 3. The summed E-state index contributed by atoms with van der Waals surface area (Å²) in [7, 11) is 10.8. The van der Waals surface area contributed by atoms with Crippen LogP contribution in [0.5, 0.6) is 34.9 Å². The van der Waals surface area contributed by atoms with Crippen LogP contribution in [0.15, 0.2) is 128 Å². The van der Waals surface area contributed by atoms with E-state index in [1.165, 1.54) is 66.7 Å². The number of carbonyl (C=O) groups excluding carboxylic acids is 4. The summed E-state index contributed by atoms with van der Waals surface area (Å²) < 4.78 is 117. The van der Waals surface area contributed by atoms with Gasteiger partial charge in [-0.2, -0.15) is 0 Å². The molecule has 2 aliphatic heterocycles. The molecule has 109 heavy (non-hydrogen) atoms. The van der Waals surface area contributed by atoms with Gasteiger partial charge in [0.2, 0.25) is 17.6 Å². The molecular formula is C76H74F6N18O9. The summed E-state index contributed by atoms with van der Waals surface area (Å²) in [6, 6.07) is 29.0. The van der Waals surface area contributed by atoms with E-state index >= 15 is 13.2 Å². The maximum atomic E-state index is 15.2. The maximum Gasteiger partial charge on any atom is 0.262 e. The smallest absolute Gasteiger partial charge is 0.262 e. The first-order chi connectivity index (χ1) is 52.3. The van der Waals surface area contributed by atoms with Gasteiger partial charge in [-0.1, -0.05) is 6.07 Å². The van der Waals surface area contributed by atoms with Crippen molar-refractivity contribution in [3.8, 4) is 34.9 Å². The number of aryl methyl sites for hydroxylation is 3. The molecule has 7 N–H and O–H groups in total. The van der Waals surface area contributed by atoms with Gasteiger partial charge in [-0.3, -0.25) is 19.2 Å². The van der Waals surface area contributed by atoms with Crippen molar-refractivity contribution < 1.29 is 69.2 Å². The number of ether oxygens (including phenoxy) is 5. The number of benzene rings is 6. The van der Waals surface area contributed by atoms with Gasteiger partial charge in [-0.25, -0.2) is 56.2 Å². The monoisotopic (exact) mass is 1500 g/mol. The average Bonchev–Trinajstić information content (AvgIpc) is 1.71. The number of fused-ring (bicyclic) bond motifs is 3. The largest absolute Gasteiger partial charge is 0.435 e. The first-order valence-corrected chi connectivity index (χ1v) is 34.0. The van der Waals surface area contributed by atoms with E-state index in [2.05, 4.69) is 75.9 Å². The van der Waals surface area contributed by atoms with Crippen LogP contribution in [0.4, 0.5) is 72.2 Å². The van der Waals surface area contributed by atoms with E-state index in [0.29, 0.717) is 66.1 Å². The Kier molecular flexibility index (Phi) is 22.7. The highest BCUT2D eigenvalue weighted by atomic mass is 19.1. The topological polar surface area (TPSA) is 303 Å². The van der Waals surface area contributed by atoms with Crippen LogP contribution in [0.25, 0.3) is 32.7 Å². The lowest BCUT2D eigenvalue weighted by molar-refractivity contribution is 0.0817. The third kappa shape index (κ3) is 16.8. The number of rotatable bonds is 18. The van der Waals surface area contributed by atoms with E-state index < -0.39 is 69.9 Å². The zero-order valence-corrected chi connectivity index (χ0v) is 60.6. The van der Waals surface area contributed by atoms with E-state index in [9.17, 15) is 32.3 Å². The molecule has 6 aromatic heterocycles. The zero-order valence-electron chi connectivity index (χ0n) is 60.6. The normalized spacial score (nSPS) is 12.7. The van der Waals surface area contributed by atoms with Gasteiger partial charge < -0.3 is 84.4 Å². The highest BCUT2D eigenvalue weighted by Crippen LogP contribution is 2.40. The molecule has 0 atom stereocenters. The summed E-state index contributed by atoms with van der Waals surface area (Å²) in [6.07, 6.45) is 3.53. The predicted molar refractivity (Wildman–Crippen MR) is 398 cm³/mol. The van der Waals surface area contributed by atoms with Crippen LogP contribution in [0.2, 0.25) is 0 Å². The second-order valence-electron chi connectivity index (χ2n) is 25.7. The quantitative estimate of drug-likeness (QED) is 0.0393. The molecule has 564 valence electrons. The summed E-state index contributed by atoms with van der Waals surface area (Å²) in [5.74, 6) is -7.59. The van der Waals surface area contributed by atoms with Crippen molar-refractivity contribution in [3.63, 3.8) is 0 Å². The summed E-state index contributed by atoms with van der Waals surface area (Å²) in [5.41, 5.74) is 6.12. The number of morpholine rings is 2. The SMILES string of the molecule is CNC(=O)c1ccc(Nc2ncnc(Oc3cc(F)c4[nH]c(C)cc4c3F)c2C(=O)N(C)C)cc1.Cc1cc2c(F)c(Oc3ncnc(Nc4ccc(N5CCOCC5)cc4)c3C(=O)N(C)C)cc(F)c2[nH]1.Cc1cc2c(F)c(Oc3ncnc(Nc4cccc(N5CCOCC5)c4)c3C(=O)N(C)C)cc(F)c2[nH]1. The van der Waals surface area contributed by atoms with Crippen molar-refractivity contribution in [2.24, 2.45) is 0 Å². The van der Waals surface area contributed by atoms with E-state index in [-0.39, 0.29) is 90.4 Å². The van der Waals surface area contributed by atoms with Crippen molar-refractivity contribution >= 4 is 102 Å². The summed E-state index contributed by atoms with van der Waals surface area (Å²) in [5, 5.41) is 11.9. The van der Waals surface area contributed by atoms with E-state index in [4.69, 9.17) is 23.7 Å². The molecule has 2 aliphatic rings. The fourth-order valence-electron chi connectivity index (χ4n) is 11.8. The molecule has 14 rings (SSSR count). The van der Waals surface area contributed by atoms with Crippen molar-refractivity contribution in [1.29, 1.82) is 0 Å². The number of hydrogen-bond donors (Lipinski definition) is 7. The van der Waals surface area contributed by atoms with Crippen LogP contribution < -0.4 is 45.3 Å². The lowest BCUT2D eigenvalue weighted by atomic mass is 10.2. The highest BCUT2D eigenvalue weighted by molar-refractivity contribution is 6.03. The fourth-order valence-corrected chi connectivity index (χ4v) is 11.8. The number of nitrogens with one attached hydrogen (secondary N) is 7. The minimum atomic E-state index is -0.799. The van der Waals surface area contributed by atoms with Crippen LogP contribution in [0.1, 0.15) is 58.5 Å². The first-order valence-electron chi connectivity index (χ1n) is 34.0. The maximum absolute atomic E-state index is 15.2. The van der Waals surface area contributed by atoms with Crippen LogP contribution >= 0.6 is 0 Å². The van der Waals surface area contributed by atoms with Gasteiger partial charge in [-0.05, 0) is 106 Å². The first kappa shape index (κ1) is 75.6. The molecule has 8 heterocycles. The molecule has 6 aromatic carbocycles. The molecule has 0 spiro atoms. The van der Waals surface area contributed by atoms with Crippen molar-refractivity contribution in [2.45, 2.75) is 20.8 Å². The Morgan fingerprint density at radius 2 is 0.771 bits per heavy atom.